The minimum absolute atomic E-state index is 0.963. The van der Waals surface area contributed by atoms with Crippen LogP contribution < -0.4 is 0 Å². The van der Waals surface area contributed by atoms with Gasteiger partial charge in [0.1, 0.15) is 0 Å². The molecular formula is C29H22N2. The summed E-state index contributed by atoms with van der Waals surface area (Å²) < 4.78 is 0. The topological polar surface area (TPSA) is 25.8 Å². The molecule has 2 heteroatoms. The van der Waals surface area contributed by atoms with Gasteiger partial charge in [-0.25, -0.2) is 0 Å². The van der Waals surface area contributed by atoms with Gasteiger partial charge in [-0.05, 0) is 53.9 Å². The van der Waals surface area contributed by atoms with Crippen LogP contribution in [-0.4, -0.2) is 9.97 Å². The molecule has 0 atom stereocenters. The number of pyridine rings is 2. The van der Waals surface area contributed by atoms with E-state index < -0.39 is 0 Å². The number of hydrogen-bond acceptors (Lipinski definition) is 2. The van der Waals surface area contributed by atoms with Crippen LogP contribution >= 0.6 is 0 Å². The van der Waals surface area contributed by atoms with Crippen molar-refractivity contribution in [1.29, 1.82) is 0 Å². The number of aromatic nitrogens is 2. The van der Waals surface area contributed by atoms with E-state index in [-0.39, 0.29) is 0 Å². The quantitative estimate of drug-likeness (QED) is 0.314. The fourth-order valence-electron chi connectivity index (χ4n) is 3.81. The summed E-state index contributed by atoms with van der Waals surface area (Å²) >= 11 is 0. The molecule has 0 aliphatic rings. The van der Waals surface area contributed by atoms with Gasteiger partial charge in [0, 0.05) is 34.6 Å². The van der Waals surface area contributed by atoms with Crippen LogP contribution in [0.15, 0.2) is 116 Å². The predicted molar refractivity (Wildman–Crippen MR) is 129 cm³/mol. The molecule has 0 aliphatic carbocycles. The van der Waals surface area contributed by atoms with Crippen LogP contribution in [0.3, 0.4) is 0 Å². The van der Waals surface area contributed by atoms with Crippen LogP contribution in [0.25, 0.3) is 44.8 Å². The average Bonchev–Trinajstić information content (AvgIpc) is 2.85. The van der Waals surface area contributed by atoms with Gasteiger partial charge in [-0.15, -0.1) is 0 Å². The van der Waals surface area contributed by atoms with Gasteiger partial charge in [-0.2, -0.15) is 0 Å². The van der Waals surface area contributed by atoms with Gasteiger partial charge >= 0.3 is 0 Å². The van der Waals surface area contributed by atoms with Crippen molar-refractivity contribution in [2.24, 2.45) is 0 Å². The third kappa shape index (κ3) is 4.15. The minimum Gasteiger partial charge on any atom is -0.256 e. The normalized spacial score (nSPS) is 10.7. The molecule has 0 radical (unpaired) electrons. The Labute approximate surface area is 182 Å². The van der Waals surface area contributed by atoms with Crippen molar-refractivity contribution in [3.63, 3.8) is 0 Å². The molecule has 2 heterocycles. The summed E-state index contributed by atoms with van der Waals surface area (Å²) in [5.41, 5.74) is 9.91. The highest BCUT2D eigenvalue weighted by molar-refractivity contribution is 5.73. The Balaban J connectivity index is 1.45. The van der Waals surface area contributed by atoms with Crippen LogP contribution in [-0.2, 0) is 0 Å². The first kappa shape index (κ1) is 19.0. The second-order valence-corrected chi connectivity index (χ2v) is 7.68. The lowest BCUT2D eigenvalue weighted by molar-refractivity contribution is 1.30. The van der Waals surface area contributed by atoms with Gasteiger partial charge < -0.3 is 0 Å². The Morgan fingerprint density at radius 1 is 0.419 bits per heavy atom. The first-order chi connectivity index (χ1) is 15.3. The molecule has 5 aromatic rings. The van der Waals surface area contributed by atoms with Crippen molar-refractivity contribution in [3.05, 3.63) is 121 Å². The van der Waals surface area contributed by atoms with Crippen LogP contribution in [0.5, 0.6) is 0 Å². The predicted octanol–water partition coefficient (Wildman–Crippen LogP) is 7.45. The summed E-state index contributed by atoms with van der Waals surface area (Å²) in [6.07, 6.45) is 3.89. The van der Waals surface area contributed by atoms with E-state index in [0.29, 0.717) is 0 Å². The van der Waals surface area contributed by atoms with E-state index in [0.717, 1.165) is 33.6 Å². The van der Waals surface area contributed by atoms with Crippen molar-refractivity contribution < 1.29 is 0 Å². The largest absolute Gasteiger partial charge is 0.256 e. The molecule has 0 N–H and O–H groups in total. The van der Waals surface area contributed by atoms with Crippen LogP contribution in [0.1, 0.15) is 5.56 Å². The summed E-state index contributed by atoms with van der Waals surface area (Å²) in [5.74, 6) is 0. The van der Waals surface area contributed by atoms with Crippen molar-refractivity contribution in [3.8, 4) is 44.8 Å². The van der Waals surface area contributed by atoms with E-state index in [1.165, 1.54) is 16.7 Å². The van der Waals surface area contributed by atoms with Crippen molar-refractivity contribution in [2.45, 2.75) is 6.92 Å². The average molecular weight is 399 g/mol. The summed E-state index contributed by atoms with van der Waals surface area (Å²) in [5, 5.41) is 0. The van der Waals surface area contributed by atoms with E-state index in [9.17, 15) is 0 Å². The zero-order chi connectivity index (χ0) is 21.0. The highest BCUT2D eigenvalue weighted by Gasteiger charge is 2.07. The highest BCUT2D eigenvalue weighted by atomic mass is 14.7. The zero-order valence-electron chi connectivity index (χ0n) is 17.4. The van der Waals surface area contributed by atoms with Gasteiger partial charge in [-0.1, -0.05) is 72.8 Å². The highest BCUT2D eigenvalue weighted by Crippen LogP contribution is 2.29. The second-order valence-electron chi connectivity index (χ2n) is 7.68. The number of rotatable bonds is 4. The number of nitrogens with zero attached hydrogens (tertiary/aromatic N) is 2. The van der Waals surface area contributed by atoms with Crippen molar-refractivity contribution in [1.82, 2.24) is 9.97 Å². The van der Waals surface area contributed by atoms with Crippen LogP contribution in [0, 0.1) is 6.92 Å². The van der Waals surface area contributed by atoms with E-state index in [4.69, 9.17) is 9.97 Å². The maximum absolute atomic E-state index is 4.73. The molecule has 0 saturated heterocycles. The Morgan fingerprint density at radius 2 is 0.871 bits per heavy atom. The lowest BCUT2D eigenvalue weighted by Crippen LogP contribution is -1.90. The maximum atomic E-state index is 4.73. The molecule has 148 valence electrons. The van der Waals surface area contributed by atoms with Gasteiger partial charge in [0.05, 0.1) is 11.4 Å². The van der Waals surface area contributed by atoms with Gasteiger partial charge in [0.25, 0.3) is 0 Å². The smallest absolute Gasteiger partial charge is 0.0702 e. The van der Waals surface area contributed by atoms with Gasteiger partial charge in [0.15, 0.2) is 0 Å². The third-order valence-corrected chi connectivity index (χ3v) is 5.41. The zero-order valence-corrected chi connectivity index (χ0v) is 17.4. The van der Waals surface area contributed by atoms with E-state index in [1.54, 1.807) is 0 Å². The number of hydrogen-bond donors (Lipinski definition) is 0. The summed E-state index contributed by atoms with van der Waals surface area (Å²) in [6.45, 7) is 2.11. The van der Waals surface area contributed by atoms with Gasteiger partial charge in [-0.3, -0.25) is 9.97 Å². The molecule has 5 rings (SSSR count). The summed E-state index contributed by atoms with van der Waals surface area (Å²) in [7, 11) is 0. The molecule has 31 heavy (non-hydrogen) atoms. The third-order valence-electron chi connectivity index (χ3n) is 5.41. The Morgan fingerprint density at radius 3 is 1.26 bits per heavy atom. The molecule has 0 fully saturated rings. The Bertz CT molecular complexity index is 1190. The SMILES string of the molecule is Cc1cc(-c2ccc(-c3ccccc3)cn2)cc(-c2ccc(-c3ccccc3)cn2)c1. The molecule has 3 aromatic carbocycles. The van der Waals surface area contributed by atoms with E-state index in [1.807, 2.05) is 48.8 Å². The monoisotopic (exact) mass is 398 g/mol. The van der Waals surface area contributed by atoms with Crippen LogP contribution in [0.4, 0.5) is 0 Å². The van der Waals surface area contributed by atoms with E-state index >= 15 is 0 Å². The van der Waals surface area contributed by atoms with Gasteiger partial charge in [0.2, 0.25) is 0 Å². The number of aryl methyl sites for hydroxylation is 1. The fraction of sp³-hybridized carbons (Fsp3) is 0.0345. The lowest BCUT2D eigenvalue weighted by Gasteiger charge is -2.09. The summed E-state index contributed by atoms with van der Waals surface area (Å²) in [4.78, 5) is 9.47. The van der Waals surface area contributed by atoms with Crippen molar-refractivity contribution in [2.75, 3.05) is 0 Å². The molecule has 2 aromatic heterocycles. The lowest BCUT2D eigenvalue weighted by atomic mass is 10.00. The Hall–Kier alpha value is -4.04. The molecular weight excluding hydrogens is 376 g/mol. The fourth-order valence-corrected chi connectivity index (χ4v) is 3.81. The first-order valence-electron chi connectivity index (χ1n) is 10.4. The molecule has 0 unspecified atom stereocenters. The molecule has 0 aliphatic heterocycles. The maximum Gasteiger partial charge on any atom is 0.0702 e. The minimum atomic E-state index is 0.963. The molecule has 0 bridgehead atoms. The van der Waals surface area contributed by atoms with E-state index in [2.05, 4.69) is 73.7 Å². The van der Waals surface area contributed by atoms with Crippen LogP contribution in [0.2, 0.25) is 0 Å². The van der Waals surface area contributed by atoms with Crippen molar-refractivity contribution >= 4 is 0 Å². The molecule has 2 nitrogen and oxygen atoms in total. The first-order valence-corrected chi connectivity index (χ1v) is 10.4. The second kappa shape index (κ2) is 8.37. The summed E-state index contributed by atoms with van der Waals surface area (Å²) in [6, 6.07) is 35.6. The standard InChI is InChI=1S/C29H22N2/c1-21-16-26(28-14-12-24(19-30-28)22-8-4-2-5-9-22)18-27(17-21)29-15-13-25(20-31-29)23-10-6-3-7-11-23/h2-20H,1H3. The molecule has 0 amide bonds. The number of benzene rings is 3. The Kier molecular flexibility index (Phi) is 5.12. The molecule has 0 spiro atoms. The molecule has 0 saturated carbocycles.